The number of benzene rings is 4. The number of pyridine rings is 4. The number of aryl methyl sites for hydroxylation is 10. The van der Waals surface area contributed by atoms with Crippen LogP contribution >= 0.6 is 80.2 Å². The maximum absolute atomic E-state index is 13.3. The Hall–Kier alpha value is -12.6. The van der Waals surface area contributed by atoms with E-state index in [1.54, 1.807) is 129 Å². The third-order valence-electron chi connectivity index (χ3n) is 20.3. The summed E-state index contributed by atoms with van der Waals surface area (Å²) >= 11 is 11.9. The summed E-state index contributed by atoms with van der Waals surface area (Å²) in [6, 6.07) is 55.8. The van der Waals surface area contributed by atoms with Crippen molar-refractivity contribution >= 4 is 135 Å². The number of hydrogen-bond donors (Lipinski definition) is 0. The van der Waals surface area contributed by atoms with Crippen LogP contribution in [0.4, 0.5) is 8.78 Å². The Balaban J connectivity index is 0.000000117. The van der Waals surface area contributed by atoms with Gasteiger partial charge in [-0.05, 0) is 279 Å². The van der Waals surface area contributed by atoms with E-state index >= 15 is 0 Å². The van der Waals surface area contributed by atoms with Crippen LogP contribution in [0, 0.1) is 80.9 Å². The molecule has 0 spiro atoms. The van der Waals surface area contributed by atoms with E-state index in [1.165, 1.54) is 53.5 Å². The van der Waals surface area contributed by atoms with Crippen molar-refractivity contribution in [3.05, 3.63) is 280 Å². The van der Waals surface area contributed by atoms with Crippen molar-refractivity contribution in [2.45, 2.75) is 119 Å². The van der Waals surface area contributed by atoms with Crippen LogP contribution in [0.25, 0.3) is 169 Å². The molecule has 0 atom stereocenters. The Kier molecular flexibility index (Phi) is 26.8. The van der Waals surface area contributed by atoms with E-state index in [0.717, 1.165) is 175 Å². The van der Waals surface area contributed by atoms with E-state index < -0.39 is 0 Å². The number of rotatable bonds is 16. The van der Waals surface area contributed by atoms with Crippen LogP contribution in [0.15, 0.2) is 238 Å². The molecule has 0 saturated carbocycles. The quantitative estimate of drug-likeness (QED) is 0.0820. The van der Waals surface area contributed by atoms with Gasteiger partial charge in [-0.1, -0.05) is 12.1 Å². The molecule has 0 aliphatic rings. The SMILES string of the molecule is CSc1ccc(-c2nc3c(C)sc(C)c3nc2-c2ccc(SC)cn2)nc1.Cc1sc(C)c2nc(-c3ccc(F)cc3)c(-c3ccc(F)cc3)nc12.Cc1sc(C)c2nc(-c3ccc(OC(C)C)cc3)c(-c3ccc(OC(C)C)cc3)nc12.Cc1sc(C)c2nc(-c3ccccn3)c(-c3ccccn3)nc12.Cc1sc(C)c2nc(-c3ccco3)c(-c3ccco3)nc12. The van der Waals surface area contributed by atoms with E-state index in [2.05, 4.69) is 112 Å². The first-order chi connectivity index (χ1) is 61.4. The van der Waals surface area contributed by atoms with Gasteiger partial charge in [-0.3, -0.25) is 19.9 Å². The highest BCUT2D eigenvalue weighted by Crippen LogP contribution is 2.43. The molecule has 20 aromatic rings. The van der Waals surface area contributed by atoms with E-state index in [4.69, 9.17) is 68.1 Å². The number of thioether (sulfide) groups is 2. The molecular weight excluding hydrogens is 1720 g/mol. The first-order valence-electron chi connectivity index (χ1n) is 40.8. The number of fused-ring (bicyclic) bond motifs is 5. The number of ether oxygens (including phenoxy) is 2. The average Bonchev–Trinajstić information content (AvgIpc) is 1.70. The fourth-order valence-corrected chi connectivity index (χ4v) is 19.8. The largest absolute Gasteiger partial charge is 0.491 e. The third-order valence-corrected chi connectivity index (χ3v) is 26.8. The minimum atomic E-state index is -0.302. The molecule has 0 N–H and O–H groups in total. The van der Waals surface area contributed by atoms with Crippen LogP contribution < -0.4 is 9.47 Å². The molecule has 0 unspecified atom stereocenters. The Bertz CT molecular complexity index is 6860. The van der Waals surface area contributed by atoms with Crippen LogP contribution in [0.3, 0.4) is 0 Å². The number of nitrogens with zero attached hydrogens (tertiary/aromatic N) is 14. The summed E-state index contributed by atoms with van der Waals surface area (Å²) in [5, 5.41) is 0. The predicted molar refractivity (Wildman–Crippen MR) is 520 cm³/mol. The smallest absolute Gasteiger partial charge is 0.154 e. The number of hydrogen-bond acceptors (Lipinski definition) is 25. The van der Waals surface area contributed by atoms with Crippen LogP contribution in [0.5, 0.6) is 11.5 Å². The summed E-state index contributed by atoms with van der Waals surface area (Å²) in [7, 11) is 0. The fourth-order valence-electron chi connectivity index (χ4n) is 14.4. The van der Waals surface area contributed by atoms with Gasteiger partial charge in [0.05, 0.1) is 70.3 Å². The zero-order valence-corrected chi connectivity index (χ0v) is 78.2. The third kappa shape index (κ3) is 19.4. The van der Waals surface area contributed by atoms with E-state index in [-0.39, 0.29) is 23.8 Å². The van der Waals surface area contributed by atoms with Crippen molar-refractivity contribution in [3.63, 3.8) is 0 Å². The standard InChI is InChI=1S/C26H28N2O2S.C20H14F2N2S.C20H18N4S3.C18H14N4S.C16H12N2O2S/c1-15(2)29-21-11-7-19(8-12-21)25-26(20-9-13-22(14-10-20)30-16(3)4)28-24-18(6)31-17(5)23(24)27-25;1-11-17-18(12(2)25-11)24-20(14-5-9-16(22)10-6-14)19(23-17)13-3-7-15(21)8-4-13;1-11-17-18(12(2)27-11)24-20(16-8-6-14(26-4)10-22-16)19(23-17)15-7-5-13(25-3)9-21-15;1-11-15-16(12(2)23-11)22-18(14-8-4-6-10-20-14)17(21-15)13-7-3-5-9-19-13;1-9-13-14(10(2)21-9)18-16(12-6-4-8-20-12)15(17-13)11-5-3-7-19-11/h7-16H,1-6H3;3-10H,1-2H3;5-10H,1-4H3;3-10H,1-2H3;3-8H,1-2H3. The first-order valence-corrected chi connectivity index (χ1v) is 47.3. The van der Waals surface area contributed by atoms with Crippen LogP contribution in [-0.4, -0.2) is 94.5 Å². The van der Waals surface area contributed by atoms with Gasteiger partial charge in [-0.15, -0.1) is 80.2 Å². The van der Waals surface area contributed by atoms with Crippen molar-refractivity contribution in [2.24, 2.45) is 0 Å². The monoisotopic (exact) mass is 1810 g/mol. The Morgan fingerprint density at radius 1 is 0.276 bits per heavy atom. The van der Waals surface area contributed by atoms with Gasteiger partial charge in [-0.2, -0.15) is 0 Å². The maximum Gasteiger partial charge on any atom is 0.154 e. The van der Waals surface area contributed by atoms with Gasteiger partial charge in [-0.25, -0.2) is 58.6 Å². The molecule has 16 heterocycles. The predicted octanol–water partition coefficient (Wildman–Crippen LogP) is 28.3. The molecular formula is C100H86F2N14O4S7. The van der Waals surface area contributed by atoms with Crippen molar-refractivity contribution in [2.75, 3.05) is 12.5 Å². The molecule has 636 valence electrons. The molecule has 0 bridgehead atoms. The Labute approximate surface area is 762 Å². The summed E-state index contributed by atoms with van der Waals surface area (Å²) < 4.78 is 49.3. The lowest BCUT2D eigenvalue weighted by Gasteiger charge is -2.13. The normalized spacial score (nSPS) is 11.3. The zero-order valence-electron chi connectivity index (χ0n) is 72.4. The average molecular weight is 1810 g/mol. The molecule has 127 heavy (non-hydrogen) atoms. The van der Waals surface area contributed by atoms with E-state index in [0.29, 0.717) is 34.3 Å². The first kappa shape index (κ1) is 87.9. The highest BCUT2D eigenvalue weighted by molar-refractivity contribution is 7.98. The second kappa shape index (κ2) is 38.7. The molecule has 18 nitrogen and oxygen atoms in total. The zero-order chi connectivity index (χ0) is 88.8. The molecule has 0 radical (unpaired) electrons. The highest BCUT2D eigenvalue weighted by Gasteiger charge is 2.26. The van der Waals surface area contributed by atoms with Gasteiger partial charge in [0.25, 0.3) is 0 Å². The van der Waals surface area contributed by atoms with Gasteiger partial charge >= 0.3 is 0 Å². The molecule has 0 aliphatic carbocycles. The maximum atomic E-state index is 13.3. The molecule has 0 saturated heterocycles. The summed E-state index contributed by atoms with van der Waals surface area (Å²) in [6.45, 7) is 28.8. The van der Waals surface area contributed by atoms with Crippen molar-refractivity contribution in [1.82, 2.24) is 69.8 Å². The number of furan rings is 2. The van der Waals surface area contributed by atoms with Crippen LogP contribution in [-0.2, 0) is 0 Å². The van der Waals surface area contributed by atoms with Gasteiger partial charge in [0.1, 0.15) is 112 Å². The lowest BCUT2D eigenvalue weighted by molar-refractivity contribution is 0.242. The van der Waals surface area contributed by atoms with Crippen molar-refractivity contribution < 1.29 is 27.1 Å². The van der Waals surface area contributed by atoms with Crippen LogP contribution in [0.2, 0.25) is 0 Å². The second-order valence-corrected chi connectivity index (χ2v) is 39.0. The number of thiophene rings is 5. The minimum absolute atomic E-state index is 0.139. The van der Waals surface area contributed by atoms with Gasteiger partial charge in [0.2, 0.25) is 0 Å². The highest BCUT2D eigenvalue weighted by atomic mass is 32.2. The number of aromatic nitrogens is 14. The number of halogens is 2. The molecule has 16 aromatic heterocycles. The van der Waals surface area contributed by atoms with E-state index in [1.807, 2.05) is 164 Å². The van der Waals surface area contributed by atoms with Crippen LogP contribution in [0.1, 0.15) is 76.5 Å². The summed E-state index contributed by atoms with van der Waals surface area (Å²) in [5.41, 5.74) is 23.8. The summed E-state index contributed by atoms with van der Waals surface area (Å²) in [6.07, 6.45) is 15.0. The Morgan fingerprint density at radius 3 is 0.748 bits per heavy atom. The van der Waals surface area contributed by atoms with Gasteiger partial charge in [0.15, 0.2) is 11.5 Å². The van der Waals surface area contributed by atoms with Gasteiger partial charge in [0, 0.05) is 106 Å². The molecule has 4 aromatic carbocycles. The molecule has 20 rings (SSSR count). The molecule has 0 aliphatic heterocycles. The summed E-state index contributed by atoms with van der Waals surface area (Å²) in [4.78, 5) is 81.1. The van der Waals surface area contributed by atoms with Crippen molar-refractivity contribution in [1.29, 1.82) is 0 Å². The molecule has 27 heteroatoms. The summed E-state index contributed by atoms with van der Waals surface area (Å²) in [5.74, 6) is 2.49. The van der Waals surface area contributed by atoms with Gasteiger partial charge < -0.3 is 18.3 Å². The fraction of sp³-hybridized carbons (Fsp3) is 0.180. The second-order valence-electron chi connectivity index (χ2n) is 30.1. The lowest BCUT2D eigenvalue weighted by atomic mass is 10.0. The minimum Gasteiger partial charge on any atom is -0.491 e. The Morgan fingerprint density at radius 2 is 0.528 bits per heavy atom. The van der Waals surface area contributed by atoms with E-state index in [9.17, 15) is 8.78 Å². The molecule has 0 amide bonds. The van der Waals surface area contributed by atoms with Crippen molar-refractivity contribution in [3.8, 4) is 125 Å². The molecule has 0 fully saturated rings. The lowest BCUT2D eigenvalue weighted by Crippen LogP contribution is -2.05. The topological polar surface area (TPSA) is 225 Å².